The van der Waals surface area contributed by atoms with Crippen LogP contribution in [-0.2, 0) is 32.6 Å². The quantitative estimate of drug-likeness (QED) is 0.227. The summed E-state index contributed by atoms with van der Waals surface area (Å²) in [5.41, 5.74) is 1.12. The van der Waals surface area contributed by atoms with Crippen LogP contribution in [-0.4, -0.2) is 62.6 Å². The number of nitro groups is 1. The number of nitrogens with one attached hydrogen (secondary N) is 1. The number of methoxy groups -OCH3 is 1. The lowest BCUT2D eigenvalue weighted by molar-refractivity contribution is -0.384. The highest BCUT2D eigenvalue weighted by molar-refractivity contribution is 7.92. The van der Waals surface area contributed by atoms with Crippen LogP contribution >= 0.6 is 0 Å². The van der Waals surface area contributed by atoms with Crippen LogP contribution in [0.3, 0.4) is 0 Å². The average Bonchev–Trinajstić information content (AvgIpc) is 2.96. The summed E-state index contributed by atoms with van der Waals surface area (Å²) in [5, 5.41) is 14.2. The molecule has 0 bridgehead atoms. The van der Waals surface area contributed by atoms with Gasteiger partial charge in [-0.05, 0) is 35.7 Å². The predicted molar refractivity (Wildman–Crippen MR) is 156 cm³/mol. The summed E-state index contributed by atoms with van der Waals surface area (Å²) in [6.07, 6.45) is 1.78. The predicted octanol–water partition coefficient (Wildman–Crippen LogP) is 3.54. The number of nitro benzene ring substituents is 1. The van der Waals surface area contributed by atoms with Crippen molar-refractivity contribution in [1.29, 1.82) is 0 Å². The standard InChI is InChI=1S/C29H34N4O7S/c1-4-16-30-29(35)27(18-22-10-6-5-7-11-22)31(20-23-12-8-15-26(17-23)40-2)28(34)21-32(41(3,38)39)24-13-9-14-25(19-24)33(36)37/h5-15,17,19,27H,4,16,18,20-21H2,1-3H3,(H,30,35)/t27-/m1/s1. The molecule has 12 heteroatoms. The molecule has 0 saturated carbocycles. The van der Waals surface area contributed by atoms with Crippen molar-refractivity contribution in [3.63, 3.8) is 0 Å². The largest absolute Gasteiger partial charge is 0.497 e. The third-order valence-electron chi connectivity index (χ3n) is 6.32. The molecule has 2 amide bonds. The lowest BCUT2D eigenvalue weighted by Crippen LogP contribution is -2.53. The van der Waals surface area contributed by atoms with Gasteiger partial charge in [0.2, 0.25) is 21.8 Å². The number of rotatable bonds is 14. The number of anilines is 1. The number of ether oxygens (including phenoxy) is 1. The topological polar surface area (TPSA) is 139 Å². The Morgan fingerprint density at radius 1 is 1.00 bits per heavy atom. The molecular weight excluding hydrogens is 548 g/mol. The van der Waals surface area contributed by atoms with E-state index < -0.39 is 33.4 Å². The number of carbonyl (C=O) groups excluding carboxylic acids is 2. The summed E-state index contributed by atoms with van der Waals surface area (Å²) in [5.74, 6) is -0.482. The van der Waals surface area contributed by atoms with Gasteiger partial charge in [-0.25, -0.2) is 8.42 Å². The number of non-ortho nitro benzene ring substituents is 1. The van der Waals surface area contributed by atoms with Gasteiger partial charge in [0.25, 0.3) is 5.69 Å². The first-order valence-corrected chi connectivity index (χ1v) is 14.8. The van der Waals surface area contributed by atoms with Crippen LogP contribution in [0, 0.1) is 10.1 Å². The molecule has 218 valence electrons. The number of hydrogen-bond donors (Lipinski definition) is 1. The van der Waals surface area contributed by atoms with Crippen molar-refractivity contribution >= 4 is 33.2 Å². The lowest BCUT2D eigenvalue weighted by Gasteiger charge is -2.33. The second kappa shape index (κ2) is 14.3. The van der Waals surface area contributed by atoms with Gasteiger partial charge >= 0.3 is 0 Å². The Balaban J connectivity index is 2.07. The highest BCUT2D eigenvalue weighted by Gasteiger charge is 2.33. The van der Waals surface area contributed by atoms with E-state index in [9.17, 15) is 28.1 Å². The van der Waals surface area contributed by atoms with Gasteiger partial charge in [-0.1, -0.05) is 55.5 Å². The molecule has 0 aliphatic rings. The molecule has 11 nitrogen and oxygen atoms in total. The molecule has 0 radical (unpaired) electrons. The van der Waals surface area contributed by atoms with E-state index in [1.807, 2.05) is 37.3 Å². The molecule has 0 fully saturated rings. The summed E-state index contributed by atoms with van der Waals surface area (Å²) in [6, 6.07) is 20.3. The van der Waals surface area contributed by atoms with E-state index in [-0.39, 0.29) is 30.2 Å². The number of benzene rings is 3. The maximum absolute atomic E-state index is 14.0. The zero-order valence-corrected chi connectivity index (χ0v) is 24.0. The second-order valence-corrected chi connectivity index (χ2v) is 11.3. The SMILES string of the molecule is CCCNC(=O)[C@@H](Cc1ccccc1)N(Cc1cccc(OC)c1)C(=O)CN(c1cccc([N+](=O)[O-])c1)S(C)(=O)=O. The van der Waals surface area contributed by atoms with E-state index in [0.29, 0.717) is 24.3 Å². The maximum Gasteiger partial charge on any atom is 0.271 e. The number of amides is 2. The fourth-order valence-electron chi connectivity index (χ4n) is 4.26. The second-order valence-electron chi connectivity index (χ2n) is 9.42. The normalized spacial score (nSPS) is 11.8. The van der Waals surface area contributed by atoms with Crippen molar-refractivity contribution in [3.8, 4) is 5.75 Å². The van der Waals surface area contributed by atoms with Crippen LogP contribution in [0.4, 0.5) is 11.4 Å². The summed E-state index contributed by atoms with van der Waals surface area (Å²) in [6.45, 7) is 1.62. The molecule has 3 rings (SSSR count). The van der Waals surface area contributed by atoms with Crippen molar-refractivity contribution in [2.45, 2.75) is 32.4 Å². The smallest absolute Gasteiger partial charge is 0.271 e. The van der Waals surface area contributed by atoms with Crippen molar-refractivity contribution in [2.75, 3.05) is 30.8 Å². The van der Waals surface area contributed by atoms with Crippen LogP contribution < -0.4 is 14.4 Å². The summed E-state index contributed by atoms with van der Waals surface area (Å²) < 4.78 is 31.8. The molecule has 0 spiro atoms. The lowest BCUT2D eigenvalue weighted by atomic mass is 10.0. The van der Waals surface area contributed by atoms with E-state index >= 15 is 0 Å². The summed E-state index contributed by atoms with van der Waals surface area (Å²) >= 11 is 0. The highest BCUT2D eigenvalue weighted by Crippen LogP contribution is 2.25. The van der Waals surface area contributed by atoms with Gasteiger partial charge in [-0.15, -0.1) is 0 Å². The van der Waals surface area contributed by atoms with E-state index in [4.69, 9.17) is 4.74 Å². The number of sulfonamides is 1. The molecular formula is C29H34N4O7S. The Bertz CT molecular complexity index is 1460. The van der Waals surface area contributed by atoms with Gasteiger partial charge in [0.1, 0.15) is 18.3 Å². The van der Waals surface area contributed by atoms with Gasteiger partial charge < -0.3 is 15.0 Å². The van der Waals surface area contributed by atoms with E-state index in [2.05, 4.69) is 5.32 Å². The first-order chi connectivity index (χ1) is 19.5. The Morgan fingerprint density at radius 2 is 1.68 bits per heavy atom. The maximum atomic E-state index is 14.0. The Kier molecular flexibility index (Phi) is 10.8. The van der Waals surface area contributed by atoms with Crippen molar-refractivity contribution in [1.82, 2.24) is 10.2 Å². The van der Waals surface area contributed by atoms with Crippen molar-refractivity contribution in [3.05, 3.63) is 100 Å². The number of carbonyl (C=O) groups is 2. The van der Waals surface area contributed by atoms with E-state index in [1.165, 1.54) is 30.2 Å². The molecule has 3 aromatic carbocycles. The number of hydrogen-bond acceptors (Lipinski definition) is 7. The molecule has 0 saturated heterocycles. The van der Waals surface area contributed by atoms with Crippen LogP contribution in [0.5, 0.6) is 5.75 Å². The Morgan fingerprint density at radius 3 is 2.32 bits per heavy atom. The number of nitrogens with zero attached hydrogens (tertiary/aromatic N) is 3. The van der Waals surface area contributed by atoms with Crippen LogP contribution in [0.25, 0.3) is 0 Å². The zero-order chi connectivity index (χ0) is 30.0. The third-order valence-corrected chi connectivity index (χ3v) is 7.46. The molecule has 1 N–H and O–H groups in total. The minimum atomic E-state index is -4.05. The fraction of sp³-hybridized carbons (Fsp3) is 0.310. The van der Waals surface area contributed by atoms with Gasteiger partial charge in [0, 0.05) is 31.6 Å². The zero-order valence-electron chi connectivity index (χ0n) is 23.2. The molecule has 0 heterocycles. The third kappa shape index (κ3) is 8.77. The summed E-state index contributed by atoms with van der Waals surface area (Å²) in [7, 11) is -2.53. The van der Waals surface area contributed by atoms with Crippen molar-refractivity contribution in [2.24, 2.45) is 0 Å². The highest BCUT2D eigenvalue weighted by atomic mass is 32.2. The van der Waals surface area contributed by atoms with Gasteiger partial charge in [-0.3, -0.25) is 24.0 Å². The monoisotopic (exact) mass is 582 g/mol. The van der Waals surface area contributed by atoms with Crippen LogP contribution in [0.2, 0.25) is 0 Å². The summed E-state index contributed by atoms with van der Waals surface area (Å²) in [4.78, 5) is 39.6. The molecule has 3 aromatic rings. The fourth-order valence-corrected chi connectivity index (χ4v) is 5.10. The van der Waals surface area contributed by atoms with Crippen molar-refractivity contribution < 1.29 is 27.7 Å². The van der Waals surface area contributed by atoms with Gasteiger partial charge in [-0.2, -0.15) is 0 Å². The Labute approximate surface area is 239 Å². The molecule has 0 aromatic heterocycles. The molecule has 0 aliphatic heterocycles. The molecule has 0 unspecified atom stereocenters. The Hall–Kier alpha value is -4.45. The average molecular weight is 583 g/mol. The van der Waals surface area contributed by atoms with Crippen LogP contribution in [0.1, 0.15) is 24.5 Å². The van der Waals surface area contributed by atoms with E-state index in [0.717, 1.165) is 22.2 Å². The van der Waals surface area contributed by atoms with Gasteiger partial charge in [0.05, 0.1) is 24.0 Å². The van der Waals surface area contributed by atoms with Crippen LogP contribution in [0.15, 0.2) is 78.9 Å². The first-order valence-electron chi connectivity index (χ1n) is 13.0. The minimum absolute atomic E-state index is 0.0143. The minimum Gasteiger partial charge on any atom is -0.497 e. The first kappa shape index (κ1) is 31.1. The molecule has 41 heavy (non-hydrogen) atoms. The van der Waals surface area contributed by atoms with Gasteiger partial charge in [0.15, 0.2) is 0 Å². The molecule has 1 atom stereocenters. The molecule has 0 aliphatic carbocycles. The van der Waals surface area contributed by atoms with E-state index in [1.54, 1.807) is 24.3 Å².